The highest BCUT2D eigenvalue weighted by molar-refractivity contribution is 5.82. The summed E-state index contributed by atoms with van der Waals surface area (Å²) in [4.78, 5) is 24.1. The van der Waals surface area contributed by atoms with E-state index >= 15 is 0 Å². The van der Waals surface area contributed by atoms with E-state index < -0.39 is 11.8 Å². The highest BCUT2D eigenvalue weighted by Crippen LogP contribution is 2.34. The number of hydrogen-bond acceptors (Lipinski definition) is 4. The van der Waals surface area contributed by atoms with Crippen LogP contribution in [-0.4, -0.2) is 26.2 Å². The number of hydrogen-bond donors (Lipinski definition) is 0. The molecule has 0 aliphatic heterocycles. The normalized spacial score (nSPS) is 21.1. The summed E-state index contributed by atoms with van der Waals surface area (Å²) in [5, 5.41) is 0. The van der Waals surface area contributed by atoms with Crippen molar-refractivity contribution in [1.29, 1.82) is 0 Å². The van der Waals surface area contributed by atoms with Gasteiger partial charge in [0.25, 0.3) is 0 Å². The molecule has 1 aliphatic carbocycles. The first-order valence-corrected chi connectivity index (χ1v) is 12.1. The summed E-state index contributed by atoms with van der Waals surface area (Å²) in [5.41, 5.74) is 1.29. The molecule has 30 heavy (non-hydrogen) atoms. The molecule has 0 fully saturated rings. The second-order valence-corrected chi connectivity index (χ2v) is 9.92. The number of allylic oxidation sites excluding steroid dienone is 2. The van der Waals surface area contributed by atoms with Crippen molar-refractivity contribution in [1.82, 2.24) is 0 Å². The fourth-order valence-electron chi connectivity index (χ4n) is 4.64. The molecule has 0 aromatic carbocycles. The summed E-state index contributed by atoms with van der Waals surface area (Å²) in [6.07, 6.45) is 14.8. The van der Waals surface area contributed by atoms with Gasteiger partial charge in [0.2, 0.25) is 0 Å². The van der Waals surface area contributed by atoms with Crippen LogP contribution in [-0.2, 0) is 19.1 Å². The second kappa shape index (κ2) is 14.6. The third-order valence-corrected chi connectivity index (χ3v) is 6.70. The predicted octanol–water partition coefficient (Wildman–Crippen LogP) is 6.72. The Morgan fingerprint density at radius 2 is 1.33 bits per heavy atom. The van der Waals surface area contributed by atoms with Gasteiger partial charge in [-0.1, -0.05) is 84.3 Å². The third-order valence-electron chi connectivity index (χ3n) is 6.70. The van der Waals surface area contributed by atoms with Crippen LogP contribution in [0.3, 0.4) is 0 Å². The number of carbonyl (C=O) groups is 2. The number of esters is 2. The van der Waals surface area contributed by atoms with Gasteiger partial charge in [-0.2, -0.15) is 0 Å². The van der Waals surface area contributed by atoms with Crippen LogP contribution in [0.1, 0.15) is 98.3 Å². The minimum Gasteiger partial charge on any atom is -0.469 e. The molecule has 4 atom stereocenters. The van der Waals surface area contributed by atoms with E-state index in [4.69, 9.17) is 9.47 Å². The molecule has 4 heteroatoms. The molecule has 1 aliphatic rings. The van der Waals surface area contributed by atoms with Crippen LogP contribution in [0.25, 0.3) is 0 Å². The van der Waals surface area contributed by atoms with Crippen molar-refractivity contribution >= 4 is 11.9 Å². The van der Waals surface area contributed by atoms with Crippen molar-refractivity contribution in [2.24, 2.45) is 29.6 Å². The summed E-state index contributed by atoms with van der Waals surface area (Å²) in [7, 11) is 2.77. The minimum atomic E-state index is -0.410. The molecule has 4 nitrogen and oxygen atoms in total. The zero-order chi connectivity index (χ0) is 22.5. The molecule has 0 spiro atoms. The Balaban J connectivity index is 2.29. The van der Waals surface area contributed by atoms with E-state index in [0.29, 0.717) is 12.8 Å². The summed E-state index contributed by atoms with van der Waals surface area (Å²) in [6.45, 7) is 9.38. The van der Waals surface area contributed by atoms with Gasteiger partial charge in [-0.3, -0.25) is 9.59 Å². The van der Waals surface area contributed by atoms with Gasteiger partial charge in [0.05, 0.1) is 26.1 Å². The molecule has 1 rings (SSSR count). The fraction of sp³-hybridized carbons (Fsp3) is 0.846. The maximum Gasteiger partial charge on any atom is 0.309 e. The first-order chi connectivity index (χ1) is 14.3. The van der Waals surface area contributed by atoms with Gasteiger partial charge in [-0.15, -0.1) is 0 Å². The van der Waals surface area contributed by atoms with Crippen LogP contribution in [0.2, 0.25) is 0 Å². The molecule has 0 bridgehead atoms. The number of ether oxygens (including phenoxy) is 2. The molecule has 4 unspecified atom stereocenters. The molecule has 174 valence electrons. The van der Waals surface area contributed by atoms with Crippen LogP contribution in [0.15, 0.2) is 11.6 Å². The standard InChI is InChI=1S/C26H46O4/c1-19(2)10-7-11-20(3)12-8-13-21(4)14-9-15-22-16-17-23(25(27)29-5)24(18-22)26(28)30-6/h16,19-21,23-24H,7-15,17-18H2,1-6H3. The van der Waals surface area contributed by atoms with Gasteiger partial charge >= 0.3 is 11.9 Å². The Morgan fingerprint density at radius 1 is 0.833 bits per heavy atom. The fourth-order valence-corrected chi connectivity index (χ4v) is 4.64. The molecule has 0 radical (unpaired) electrons. The zero-order valence-corrected chi connectivity index (χ0v) is 20.4. The van der Waals surface area contributed by atoms with Crippen LogP contribution in [0.5, 0.6) is 0 Å². The largest absolute Gasteiger partial charge is 0.469 e. The van der Waals surface area contributed by atoms with E-state index in [1.165, 1.54) is 64.7 Å². The average Bonchev–Trinajstić information content (AvgIpc) is 2.72. The average molecular weight is 423 g/mol. The van der Waals surface area contributed by atoms with Gasteiger partial charge in [-0.05, 0) is 43.4 Å². The first kappa shape index (κ1) is 26.7. The van der Waals surface area contributed by atoms with Crippen LogP contribution >= 0.6 is 0 Å². The lowest BCUT2D eigenvalue weighted by Gasteiger charge is -2.27. The monoisotopic (exact) mass is 422 g/mol. The molecule has 0 heterocycles. The molecule has 0 N–H and O–H groups in total. The highest BCUT2D eigenvalue weighted by Gasteiger charge is 2.37. The molecule has 0 saturated carbocycles. The Bertz CT molecular complexity index is 537. The molecule has 0 aromatic heterocycles. The van der Waals surface area contributed by atoms with E-state index in [-0.39, 0.29) is 11.9 Å². The van der Waals surface area contributed by atoms with Gasteiger partial charge in [0.15, 0.2) is 0 Å². The summed E-state index contributed by atoms with van der Waals surface area (Å²) >= 11 is 0. The van der Waals surface area contributed by atoms with E-state index in [0.717, 1.165) is 30.6 Å². The highest BCUT2D eigenvalue weighted by atomic mass is 16.5. The Kier molecular flexibility index (Phi) is 13.0. The van der Waals surface area contributed by atoms with Crippen LogP contribution in [0.4, 0.5) is 0 Å². The van der Waals surface area contributed by atoms with E-state index in [1.54, 1.807) is 0 Å². The summed E-state index contributed by atoms with van der Waals surface area (Å²) in [6, 6.07) is 0. The van der Waals surface area contributed by atoms with Crippen LogP contribution in [0, 0.1) is 29.6 Å². The maximum absolute atomic E-state index is 12.1. The Labute approximate surface area is 185 Å². The Hall–Kier alpha value is -1.32. The van der Waals surface area contributed by atoms with Crippen molar-refractivity contribution in [3.8, 4) is 0 Å². The lowest BCUT2D eigenvalue weighted by Crippen LogP contribution is -2.34. The minimum absolute atomic E-state index is 0.299. The van der Waals surface area contributed by atoms with Crippen molar-refractivity contribution in [2.75, 3.05) is 14.2 Å². The Morgan fingerprint density at radius 3 is 1.87 bits per heavy atom. The molecule has 0 amide bonds. The molecular weight excluding hydrogens is 376 g/mol. The number of carbonyl (C=O) groups excluding carboxylic acids is 2. The number of rotatable bonds is 14. The first-order valence-electron chi connectivity index (χ1n) is 12.1. The lowest BCUT2D eigenvalue weighted by atomic mass is 9.78. The lowest BCUT2D eigenvalue weighted by molar-refractivity contribution is -0.157. The van der Waals surface area contributed by atoms with Gasteiger partial charge in [0.1, 0.15) is 0 Å². The van der Waals surface area contributed by atoms with Crippen molar-refractivity contribution in [3.63, 3.8) is 0 Å². The zero-order valence-electron chi connectivity index (χ0n) is 20.4. The predicted molar refractivity (Wildman–Crippen MR) is 123 cm³/mol. The third kappa shape index (κ3) is 10.1. The molecule has 0 saturated heterocycles. The second-order valence-electron chi connectivity index (χ2n) is 9.92. The quantitative estimate of drug-likeness (QED) is 0.230. The van der Waals surface area contributed by atoms with Gasteiger partial charge < -0.3 is 9.47 Å². The van der Waals surface area contributed by atoms with E-state index in [1.807, 2.05) is 0 Å². The van der Waals surface area contributed by atoms with E-state index in [2.05, 4.69) is 33.8 Å². The van der Waals surface area contributed by atoms with Gasteiger partial charge in [-0.25, -0.2) is 0 Å². The molecular formula is C26H46O4. The SMILES string of the molecule is COC(=O)C1CC=C(CCCC(C)CCCC(C)CCCC(C)C)CC1C(=O)OC. The maximum atomic E-state index is 12.1. The van der Waals surface area contributed by atoms with Crippen molar-refractivity contribution in [2.45, 2.75) is 98.3 Å². The summed E-state index contributed by atoms with van der Waals surface area (Å²) in [5.74, 6) is 0.993. The topological polar surface area (TPSA) is 52.6 Å². The van der Waals surface area contributed by atoms with Gasteiger partial charge in [0, 0.05) is 0 Å². The van der Waals surface area contributed by atoms with Crippen molar-refractivity contribution in [3.05, 3.63) is 11.6 Å². The number of methoxy groups -OCH3 is 2. The van der Waals surface area contributed by atoms with E-state index in [9.17, 15) is 9.59 Å². The molecule has 0 aromatic rings. The smallest absolute Gasteiger partial charge is 0.309 e. The summed E-state index contributed by atoms with van der Waals surface area (Å²) < 4.78 is 9.80. The van der Waals surface area contributed by atoms with Crippen molar-refractivity contribution < 1.29 is 19.1 Å². The van der Waals surface area contributed by atoms with Crippen LogP contribution < -0.4 is 0 Å².